The number of methoxy groups -OCH3 is 1. The van der Waals surface area contributed by atoms with Crippen LogP contribution >= 0.6 is 0 Å². The highest BCUT2D eigenvalue weighted by molar-refractivity contribution is 5.94. The van der Waals surface area contributed by atoms with Crippen molar-refractivity contribution >= 4 is 5.91 Å². The van der Waals surface area contributed by atoms with Gasteiger partial charge in [-0.3, -0.25) is 4.79 Å². The summed E-state index contributed by atoms with van der Waals surface area (Å²) in [6.07, 6.45) is 0. The maximum atomic E-state index is 12.1. The van der Waals surface area contributed by atoms with Gasteiger partial charge >= 0.3 is 0 Å². The molecule has 98 valence electrons. The van der Waals surface area contributed by atoms with Crippen molar-refractivity contribution in [2.24, 2.45) is 0 Å². The molecule has 0 aromatic heterocycles. The third-order valence-electron chi connectivity index (χ3n) is 3.00. The molecule has 0 spiro atoms. The average molecular weight is 255 g/mol. The maximum absolute atomic E-state index is 12.1. The van der Waals surface area contributed by atoms with Gasteiger partial charge < -0.3 is 10.1 Å². The number of benzene rings is 2. The first-order chi connectivity index (χ1) is 9.20. The summed E-state index contributed by atoms with van der Waals surface area (Å²) in [6.45, 7) is 1.97. The minimum absolute atomic E-state index is 0.0178. The van der Waals surface area contributed by atoms with Crippen molar-refractivity contribution in [3.8, 4) is 5.75 Å². The first-order valence-corrected chi connectivity index (χ1v) is 6.20. The van der Waals surface area contributed by atoms with Gasteiger partial charge in [0, 0.05) is 5.56 Å². The maximum Gasteiger partial charge on any atom is 0.251 e. The van der Waals surface area contributed by atoms with E-state index in [9.17, 15) is 4.79 Å². The first-order valence-electron chi connectivity index (χ1n) is 6.20. The van der Waals surface area contributed by atoms with Crippen molar-refractivity contribution in [2.45, 2.75) is 13.0 Å². The van der Waals surface area contributed by atoms with E-state index in [0.29, 0.717) is 5.56 Å². The molecule has 0 heterocycles. The lowest BCUT2D eigenvalue weighted by atomic mass is 10.1. The Bertz CT molecular complexity index is 534. The lowest BCUT2D eigenvalue weighted by Crippen LogP contribution is -2.26. The van der Waals surface area contributed by atoms with Gasteiger partial charge in [-0.05, 0) is 36.8 Å². The molecule has 3 heteroatoms. The fourth-order valence-corrected chi connectivity index (χ4v) is 1.85. The highest BCUT2D eigenvalue weighted by Crippen LogP contribution is 2.14. The van der Waals surface area contributed by atoms with E-state index in [1.165, 1.54) is 0 Å². The quantitative estimate of drug-likeness (QED) is 0.911. The van der Waals surface area contributed by atoms with Crippen LogP contribution in [0, 0.1) is 0 Å². The van der Waals surface area contributed by atoms with Crippen LogP contribution in [0.25, 0.3) is 0 Å². The zero-order valence-electron chi connectivity index (χ0n) is 11.1. The predicted octanol–water partition coefficient (Wildman–Crippen LogP) is 3.19. The van der Waals surface area contributed by atoms with Crippen molar-refractivity contribution in [1.82, 2.24) is 5.32 Å². The molecule has 1 atom stereocenters. The minimum Gasteiger partial charge on any atom is -0.497 e. The Hall–Kier alpha value is -2.29. The molecule has 0 aliphatic carbocycles. The molecular weight excluding hydrogens is 238 g/mol. The molecule has 1 amide bonds. The van der Waals surface area contributed by atoms with Gasteiger partial charge in [0.15, 0.2) is 0 Å². The van der Waals surface area contributed by atoms with Crippen molar-refractivity contribution in [3.63, 3.8) is 0 Å². The monoisotopic (exact) mass is 255 g/mol. The van der Waals surface area contributed by atoms with Crippen LogP contribution in [-0.4, -0.2) is 13.0 Å². The molecule has 2 aromatic carbocycles. The zero-order valence-corrected chi connectivity index (χ0v) is 11.1. The molecule has 1 N–H and O–H groups in total. The largest absolute Gasteiger partial charge is 0.497 e. The molecule has 0 aliphatic heterocycles. The van der Waals surface area contributed by atoms with Gasteiger partial charge in [-0.1, -0.05) is 30.3 Å². The molecular formula is C16H17NO2. The number of amides is 1. The topological polar surface area (TPSA) is 38.3 Å². The Morgan fingerprint density at radius 2 is 1.68 bits per heavy atom. The van der Waals surface area contributed by atoms with Crippen LogP contribution in [0.3, 0.4) is 0 Å². The lowest BCUT2D eigenvalue weighted by Gasteiger charge is -2.14. The third kappa shape index (κ3) is 3.35. The fourth-order valence-electron chi connectivity index (χ4n) is 1.85. The number of nitrogens with one attached hydrogen (secondary N) is 1. The van der Waals surface area contributed by atoms with Gasteiger partial charge in [0.2, 0.25) is 0 Å². The van der Waals surface area contributed by atoms with Crippen LogP contribution in [0.5, 0.6) is 5.75 Å². The predicted molar refractivity (Wildman–Crippen MR) is 75.3 cm³/mol. The Balaban J connectivity index is 2.04. The second-order valence-corrected chi connectivity index (χ2v) is 4.33. The Morgan fingerprint density at radius 3 is 2.26 bits per heavy atom. The molecule has 3 nitrogen and oxygen atoms in total. The second kappa shape index (κ2) is 6.05. The van der Waals surface area contributed by atoms with E-state index in [1.54, 1.807) is 31.4 Å². The van der Waals surface area contributed by atoms with E-state index >= 15 is 0 Å². The Labute approximate surface area is 113 Å². The van der Waals surface area contributed by atoms with Gasteiger partial charge in [0.1, 0.15) is 5.75 Å². The summed E-state index contributed by atoms with van der Waals surface area (Å²) in [5.74, 6) is 0.659. The van der Waals surface area contributed by atoms with Gasteiger partial charge in [-0.25, -0.2) is 0 Å². The number of carbonyl (C=O) groups excluding carboxylic acids is 1. The summed E-state index contributed by atoms with van der Waals surface area (Å²) in [4.78, 5) is 12.1. The van der Waals surface area contributed by atoms with Crippen molar-refractivity contribution < 1.29 is 9.53 Å². The molecule has 1 unspecified atom stereocenters. The summed E-state index contributed by atoms with van der Waals surface area (Å²) in [5.41, 5.74) is 1.72. The fraction of sp³-hybridized carbons (Fsp3) is 0.188. The van der Waals surface area contributed by atoms with E-state index in [4.69, 9.17) is 4.74 Å². The molecule has 0 radical (unpaired) electrons. The SMILES string of the molecule is COc1ccc(C(=O)NC(C)c2ccccc2)cc1. The number of ether oxygens (including phenoxy) is 1. The van der Waals surface area contributed by atoms with Crippen molar-refractivity contribution in [2.75, 3.05) is 7.11 Å². The lowest BCUT2D eigenvalue weighted by molar-refractivity contribution is 0.0940. The number of hydrogen-bond donors (Lipinski definition) is 1. The van der Waals surface area contributed by atoms with Crippen LogP contribution in [0.4, 0.5) is 0 Å². The molecule has 0 aliphatic rings. The number of rotatable bonds is 4. The highest BCUT2D eigenvalue weighted by Gasteiger charge is 2.10. The molecule has 2 aromatic rings. The summed E-state index contributed by atoms with van der Waals surface area (Å²) in [7, 11) is 1.60. The van der Waals surface area contributed by atoms with Gasteiger partial charge in [-0.15, -0.1) is 0 Å². The third-order valence-corrected chi connectivity index (χ3v) is 3.00. The van der Waals surface area contributed by atoms with E-state index in [2.05, 4.69) is 5.32 Å². The molecule has 0 saturated carbocycles. The summed E-state index contributed by atoms with van der Waals surface area (Å²) >= 11 is 0. The zero-order chi connectivity index (χ0) is 13.7. The van der Waals surface area contributed by atoms with Gasteiger partial charge in [-0.2, -0.15) is 0 Å². The Kier molecular flexibility index (Phi) is 4.18. The van der Waals surface area contributed by atoms with E-state index in [-0.39, 0.29) is 11.9 Å². The Morgan fingerprint density at radius 1 is 1.05 bits per heavy atom. The molecule has 2 rings (SSSR count). The smallest absolute Gasteiger partial charge is 0.251 e. The molecule has 0 bridgehead atoms. The highest BCUT2D eigenvalue weighted by atomic mass is 16.5. The van der Waals surface area contributed by atoms with Crippen LogP contribution in [0.15, 0.2) is 54.6 Å². The van der Waals surface area contributed by atoms with Gasteiger partial charge in [0.25, 0.3) is 5.91 Å². The molecule has 0 fully saturated rings. The van der Waals surface area contributed by atoms with E-state index in [1.807, 2.05) is 37.3 Å². The van der Waals surface area contributed by atoms with Crippen molar-refractivity contribution in [1.29, 1.82) is 0 Å². The summed E-state index contributed by atoms with van der Waals surface area (Å²) in [6, 6.07) is 16.9. The van der Waals surface area contributed by atoms with Crippen LogP contribution in [-0.2, 0) is 0 Å². The van der Waals surface area contributed by atoms with Crippen LogP contribution in [0.1, 0.15) is 28.9 Å². The second-order valence-electron chi connectivity index (χ2n) is 4.33. The number of carbonyl (C=O) groups is 1. The summed E-state index contributed by atoms with van der Waals surface area (Å²) in [5, 5.41) is 2.97. The first kappa shape index (κ1) is 13.1. The van der Waals surface area contributed by atoms with E-state index < -0.39 is 0 Å². The van der Waals surface area contributed by atoms with Gasteiger partial charge in [0.05, 0.1) is 13.2 Å². The average Bonchev–Trinajstić information content (AvgIpc) is 2.48. The van der Waals surface area contributed by atoms with Crippen molar-refractivity contribution in [3.05, 3.63) is 65.7 Å². The van der Waals surface area contributed by atoms with Crippen LogP contribution < -0.4 is 10.1 Å². The minimum atomic E-state index is -0.0843. The normalized spacial score (nSPS) is 11.7. The molecule has 0 saturated heterocycles. The van der Waals surface area contributed by atoms with E-state index in [0.717, 1.165) is 11.3 Å². The standard InChI is InChI=1S/C16H17NO2/c1-12(13-6-4-3-5-7-13)17-16(18)14-8-10-15(19-2)11-9-14/h3-12H,1-2H3,(H,17,18). The summed E-state index contributed by atoms with van der Waals surface area (Å²) < 4.78 is 5.07. The number of hydrogen-bond acceptors (Lipinski definition) is 2. The van der Waals surface area contributed by atoms with Crippen LogP contribution in [0.2, 0.25) is 0 Å². The molecule has 19 heavy (non-hydrogen) atoms.